The highest BCUT2D eigenvalue weighted by Crippen LogP contribution is 2.27. The lowest BCUT2D eigenvalue weighted by atomic mass is 9.99. The van der Waals surface area contributed by atoms with E-state index in [0.717, 1.165) is 5.75 Å². The maximum Gasteiger partial charge on any atom is 0.324 e. The molecule has 0 bridgehead atoms. The number of likely N-dealkylation sites (N-methyl/N-ethyl adjacent to an activating group) is 1. The average molecular weight is 218 g/mol. The van der Waals surface area contributed by atoms with E-state index in [4.69, 9.17) is 5.11 Å². The van der Waals surface area contributed by atoms with Gasteiger partial charge in [0.25, 0.3) is 0 Å². The molecule has 3 N–H and O–H groups in total. The quantitative estimate of drug-likeness (QED) is 0.580. The molecule has 80 valence electrons. The second-order valence-electron chi connectivity index (χ2n) is 3.22. The van der Waals surface area contributed by atoms with Crippen LogP contribution in [-0.2, 0) is 9.59 Å². The van der Waals surface area contributed by atoms with E-state index in [-0.39, 0.29) is 12.5 Å². The summed E-state index contributed by atoms with van der Waals surface area (Å²) in [5, 5.41) is 14.3. The Bertz CT molecular complexity index is 239. The Kier molecular flexibility index (Phi) is 3.77. The summed E-state index contributed by atoms with van der Waals surface area (Å²) in [6.07, 6.45) is 0.573. The van der Waals surface area contributed by atoms with Crippen LogP contribution in [0.5, 0.6) is 0 Å². The Balaban J connectivity index is 2.52. The van der Waals surface area contributed by atoms with Gasteiger partial charge in [0, 0.05) is 12.8 Å². The molecule has 1 rings (SSSR count). The normalized spacial score (nSPS) is 26.1. The fourth-order valence-corrected chi connectivity index (χ4v) is 2.64. The van der Waals surface area contributed by atoms with Crippen LogP contribution in [0.4, 0.5) is 0 Å². The van der Waals surface area contributed by atoms with Crippen LogP contribution in [0.2, 0.25) is 0 Å². The van der Waals surface area contributed by atoms with Gasteiger partial charge in [0.2, 0.25) is 5.91 Å². The number of carbonyl (C=O) groups is 2. The molecule has 1 aliphatic rings. The minimum absolute atomic E-state index is 0.0589. The lowest BCUT2D eigenvalue weighted by molar-refractivity contribution is -0.143. The molecular weight excluding hydrogens is 204 g/mol. The molecule has 1 unspecified atom stereocenters. The van der Waals surface area contributed by atoms with Crippen LogP contribution in [0.15, 0.2) is 0 Å². The second-order valence-corrected chi connectivity index (χ2v) is 4.32. The minimum atomic E-state index is -0.906. The van der Waals surface area contributed by atoms with Crippen molar-refractivity contribution in [1.82, 2.24) is 10.6 Å². The maximum absolute atomic E-state index is 11.0. The third kappa shape index (κ3) is 2.39. The molecular formula is C8H14N2O3S. The van der Waals surface area contributed by atoms with Gasteiger partial charge in [0.1, 0.15) is 5.54 Å². The fraction of sp³-hybridized carbons (Fsp3) is 0.750. The largest absolute Gasteiger partial charge is 0.480 e. The smallest absolute Gasteiger partial charge is 0.324 e. The Morgan fingerprint density at radius 1 is 1.57 bits per heavy atom. The zero-order chi connectivity index (χ0) is 10.6. The number of nitrogens with one attached hydrogen (secondary N) is 2. The van der Waals surface area contributed by atoms with Crippen molar-refractivity contribution in [2.75, 3.05) is 25.1 Å². The van der Waals surface area contributed by atoms with E-state index in [1.54, 1.807) is 11.8 Å². The third-order valence-electron chi connectivity index (χ3n) is 2.30. The lowest BCUT2D eigenvalue weighted by Gasteiger charge is -2.23. The van der Waals surface area contributed by atoms with E-state index in [0.29, 0.717) is 12.2 Å². The van der Waals surface area contributed by atoms with E-state index >= 15 is 0 Å². The summed E-state index contributed by atoms with van der Waals surface area (Å²) in [6, 6.07) is 0. The maximum atomic E-state index is 11.0. The van der Waals surface area contributed by atoms with Crippen molar-refractivity contribution in [3.05, 3.63) is 0 Å². The van der Waals surface area contributed by atoms with E-state index in [1.165, 1.54) is 7.05 Å². The molecule has 0 aliphatic carbocycles. The Labute approximate surface area is 86.6 Å². The highest BCUT2D eigenvalue weighted by Gasteiger charge is 2.41. The van der Waals surface area contributed by atoms with Gasteiger partial charge in [-0.3, -0.25) is 14.9 Å². The summed E-state index contributed by atoms with van der Waals surface area (Å²) in [6.45, 7) is 0.0589. The molecule has 0 saturated carbocycles. The molecule has 0 aromatic rings. The number of aliphatic carboxylic acids is 1. The van der Waals surface area contributed by atoms with Crippen molar-refractivity contribution < 1.29 is 14.7 Å². The first-order valence-electron chi connectivity index (χ1n) is 4.37. The number of carboxylic acids is 1. The van der Waals surface area contributed by atoms with Crippen LogP contribution in [-0.4, -0.2) is 47.6 Å². The van der Waals surface area contributed by atoms with Gasteiger partial charge >= 0.3 is 5.97 Å². The van der Waals surface area contributed by atoms with E-state index in [1.807, 2.05) is 0 Å². The molecule has 0 spiro atoms. The van der Waals surface area contributed by atoms with Crippen molar-refractivity contribution in [1.29, 1.82) is 0 Å². The molecule has 1 fully saturated rings. The number of carbonyl (C=O) groups excluding carboxylic acids is 1. The first kappa shape index (κ1) is 11.3. The third-order valence-corrected chi connectivity index (χ3v) is 3.49. The Morgan fingerprint density at radius 2 is 2.29 bits per heavy atom. The summed E-state index contributed by atoms with van der Waals surface area (Å²) in [5.74, 6) is 0.292. The van der Waals surface area contributed by atoms with Gasteiger partial charge in [-0.2, -0.15) is 11.8 Å². The standard InChI is InChI=1S/C8H14N2O3S/c1-9-6(11)4-10-8(7(12)13)2-3-14-5-8/h10H,2-5H2,1H3,(H,9,11)(H,12,13). The summed E-state index contributed by atoms with van der Waals surface area (Å²) >= 11 is 1.59. The molecule has 5 nitrogen and oxygen atoms in total. The van der Waals surface area contributed by atoms with Gasteiger partial charge in [-0.05, 0) is 12.2 Å². The van der Waals surface area contributed by atoms with Gasteiger partial charge in [-0.1, -0.05) is 0 Å². The first-order chi connectivity index (χ1) is 6.60. The monoisotopic (exact) mass is 218 g/mol. The zero-order valence-corrected chi connectivity index (χ0v) is 8.82. The number of thioether (sulfide) groups is 1. The van der Waals surface area contributed by atoms with Gasteiger partial charge in [-0.25, -0.2) is 0 Å². The van der Waals surface area contributed by atoms with Crippen LogP contribution in [0, 0.1) is 0 Å². The van der Waals surface area contributed by atoms with E-state index in [2.05, 4.69) is 10.6 Å². The highest BCUT2D eigenvalue weighted by molar-refractivity contribution is 7.99. The average Bonchev–Trinajstić information content (AvgIpc) is 2.64. The van der Waals surface area contributed by atoms with Crippen LogP contribution in [0.1, 0.15) is 6.42 Å². The number of amides is 1. The minimum Gasteiger partial charge on any atom is -0.480 e. The fourth-order valence-electron chi connectivity index (χ4n) is 1.29. The number of hydrogen-bond acceptors (Lipinski definition) is 4. The molecule has 6 heteroatoms. The molecule has 14 heavy (non-hydrogen) atoms. The molecule has 1 amide bonds. The molecule has 0 aromatic heterocycles. The molecule has 1 aliphatic heterocycles. The molecule has 1 saturated heterocycles. The SMILES string of the molecule is CNC(=O)CNC1(C(=O)O)CCSC1. The highest BCUT2D eigenvalue weighted by atomic mass is 32.2. The predicted molar refractivity (Wildman–Crippen MR) is 54.4 cm³/mol. The van der Waals surface area contributed by atoms with Crippen LogP contribution < -0.4 is 10.6 Å². The number of hydrogen-bond donors (Lipinski definition) is 3. The first-order valence-corrected chi connectivity index (χ1v) is 5.53. The van der Waals surface area contributed by atoms with Crippen molar-refractivity contribution in [2.45, 2.75) is 12.0 Å². The number of carboxylic acid groups (broad SMARTS) is 1. The van der Waals surface area contributed by atoms with Gasteiger partial charge < -0.3 is 10.4 Å². The Hall–Kier alpha value is -0.750. The zero-order valence-electron chi connectivity index (χ0n) is 8.00. The topological polar surface area (TPSA) is 78.4 Å². The van der Waals surface area contributed by atoms with E-state index < -0.39 is 11.5 Å². The van der Waals surface area contributed by atoms with Crippen molar-refractivity contribution in [3.8, 4) is 0 Å². The number of rotatable bonds is 4. The molecule has 0 radical (unpaired) electrons. The Morgan fingerprint density at radius 3 is 2.71 bits per heavy atom. The summed E-state index contributed by atoms with van der Waals surface area (Å²) in [5.41, 5.74) is -0.906. The summed E-state index contributed by atoms with van der Waals surface area (Å²) in [7, 11) is 1.53. The van der Waals surface area contributed by atoms with Crippen LogP contribution in [0.25, 0.3) is 0 Å². The molecule has 1 heterocycles. The predicted octanol–water partition coefficient (Wildman–Crippen LogP) is -0.718. The van der Waals surface area contributed by atoms with Crippen molar-refractivity contribution >= 4 is 23.6 Å². The summed E-state index contributed by atoms with van der Waals surface area (Å²) < 4.78 is 0. The van der Waals surface area contributed by atoms with Gasteiger partial charge in [0.05, 0.1) is 6.54 Å². The lowest BCUT2D eigenvalue weighted by Crippen LogP contribution is -2.54. The molecule has 0 aromatic carbocycles. The van der Waals surface area contributed by atoms with Gasteiger partial charge in [-0.15, -0.1) is 0 Å². The summed E-state index contributed by atoms with van der Waals surface area (Å²) in [4.78, 5) is 22.0. The van der Waals surface area contributed by atoms with Crippen molar-refractivity contribution in [3.63, 3.8) is 0 Å². The molecule has 1 atom stereocenters. The van der Waals surface area contributed by atoms with Gasteiger partial charge in [0.15, 0.2) is 0 Å². The second kappa shape index (κ2) is 4.65. The van der Waals surface area contributed by atoms with Crippen LogP contribution >= 0.6 is 11.8 Å². The van der Waals surface area contributed by atoms with Crippen molar-refractivity contribution in [2.24, 2.45) is 0 Å². The van der Waals surface area contributed by atoms with Crippen LogP contribution in [0.3, 0.4) is 0 Å². The van der Waals surface area contributed by atoms with E-state index in [9.17, 15) is 9.59 Å².